The van der Waals surface area contributed by atoms with Crippen molar-refractivity contribution in [3.8, 4) is 17.0 Å². The normalized spacial score (nSPS) is 11.6. The van der Waals surface area contributed by atoms with Gasteiger partial charge in [0.1, 0.15) is 5.60 Å². The molecule has 1 aromatic heterocycles. The maximum absolute atomic E-state index is 10.6. The molecule has 3 rings (SSSR count). The molecule has 0 aliphatic rings. The van der Waals surface area contributed by atoms with E-state index in [9.17, 15) is 5.11 Å². The minimum atomic E-state index is -1.07. The Morgan fingerprint density at radius 2 is 1.50 bits per heavy atom. The highest BCUT2D eigenvalue weighted by Crippen LogP contribution is 2.39. The van der Waals surface area contributed by atoms with Crippen molar-refractivity contribution in [3.05, 3.63) is 60.3 Å². The molecule has 0 saturated carbocycles. The van der Waals surface area contributed by atoms with Gasteiger partial charge in [0.05, 0.1) is 12.8 Å². The molecule has 2 aromatic carbocycles. The molecule has 0 fully saturated rings. The van der Waals surface area contributed by atoms with Gasteiger partial charge in [-0.05, 0) is 30.9 Å². The van der Waals surface area contributed by atoms with Gasteiger partial charge >= 0.3 is 0 Å². The van der Waals surface area contributed by atoms with Crippen molar-refractivity contribution in [1.29, 1.82) is 0 Å². The number of pyridine rings is 1. The molecule has 0 aliphatic carbocycles. The first kappa shape index (κ1) is 14.5. The van der Waals surface area contributed by atoms with Crippen LogP contribution in [0, 0.1) is 0 Å². The number of ether oxygens (including phenoxy) is 1. The van der Waals surface area contributed by atoms with Crippen LogP contribution in [0.3, 0.4) is 0 Å². The van der Waals surface area contributed by atoms with E-state index in [2.05, 4.69) is 4.98 Å². The molecule has 0 amide bonds. The summed E-state index contributed by atoms with van der Waals surface area (Å²) in [6, 6.07) is 18.0. The minimum absolute atomic E-state index is 0.535. The van der Waals surface area contributed by atoms with Crippen LogP contribution in [0.4, 0.5) is 0 Å². The summed E-state index contributed by atoms with van der Waals surface area (Å²) in [4.78, 5) is 4.59. The SMILES string of the molecule is COc1nc(C(C)(C)O)c(-c2ccccc2)c2ccccc12. The van der Waals surface area contributed by atoms with Crippen LogP contribution in [-0.4, -0.2) is 17.2 Å². The predicted molar refractivity (Wildman–Crippen MR) is 89.0 cm³/mol. The maximum Gasteiger partial charge on any atom is 0.221 e. The van der Waals surface area contributed by atoms with Crippen molar-refractivity contribution in [2.75, 3.05) is 7.11 Å². The van der Waals surface area contributed by atoms with E-state index in [0.717, 1.165) is 21.9 Å². The fraction of sp³-hybridized carbons (Fsp3) is 0.211. The van der Waals surface area contributed by atoms with Gasteiger partial charge in [-0.3, -0.25) is 0 Å². The smallest absolute Gasteiger partial charge is 0.221 e. The molecule has 112 valence electrons. The van der Waals surface area contributed by atoms with Crippen molar-refractivity contribution in [3.63, 3.8) is 0 Å². The van der Waals surface area contributed by atoms with E-state index >= 15 is 0 Å². The van der Waals surface area contributed by atoms with Crippen molar-refractivity contribution in [2.45, 2.75) is 19.4 Å². The number of hydrogen-bond donors (Lipinski definition) is 1. The van der Waals surface area contributed by atoms with Gasteiger partial charge in [0.25, 0.3) is 0 Å². The van der Waals surface area contributed by atoms with Gasteiger partial charge in [-0.2, -0.15) is 0 Å². The van der Waals surface area contributed by atoms with Gasteiger partial charge in [0.15, 0.2) is 0 Å². The first-order valence-electron chi connectivity index (χ1n) is 7.27. The predicted octanol–water partition coefficient (Wildman–Crippen LogP) is 4.14. The van der Waals surface area contributed by atoms with Crippen LogP contribution in [0.15, 0.2) is 54.6 Å². The Bertz CT molecular complexity index is 805. The van der Waals surface area contributed by atoms with Crippen molar-refractivity contribution in [1.82, 2.24) is 4.98 Å². The third-order valence-corrected chi connectivity index (χ3v) is 3.71. The molecule has 3 nitrogen and oxygen atoms in total. The zero-order valence-electron chi connectivity index (χ0n) is 13.0. The van der Waals surface area contributed by atoms with E-state index < -0.39 is 5.60 Å². The molecule has 1 heterocycles. The lowest BCUT2D eigenvalue weighted by Crippen LogP contribution is -2.19. The van der Waals surface area contributed by atoms with Crippen molar-refractivity contribution >= 4 is 10.8 Å². The summed E-state index contributed by atoms with van der Waals surface area (Å²) in [5.41, 5.74) is 1.53. The highest BCUT2D eigenvalue weighted by atomic mass is 16.5. The fourth-order valence-corrected chi connectivity index (χ4v) is 2.73. The second-order valence-corrected chi connectivity index (χ2v) is 5.82. The van der Waals surface area contributed by atoms with E-state index in [0.29, 0.717) is 11.6 Å². The van der Waals surface area contributed by atoms with Gasteiger partial charge in [0.2, 0.25) is 5.88 Å². The van der Waals surface area contributed by atoms with Crippen LogP contribution in [0.1, 0.15) is 19.5 Å². The van der Waals surface area contributed by atoms with Gasteiger partial charge in [-0.25, -0.2) is 4.98 Å². The molecule has 0 atom stereocenters. The molecule has 22 heavy (non-hydrogen) atoms. The average molecular weight is 293 g/mol. The fourth-order valence-electron chi connectivity index (χ4n) is 2.73. The van der Waals surface area contributed by atoms with Crippen LogP contribution in [0.5, 0.6) is 5.88 Å². The Kier molecular flexibility index (Phi) is 3.59. The second kappa shape index (κ2) is 5.43. The Balaban J connectivity index is 2.47. The van der Waals surface area contributed by atoms with Crippen molar-refractivity contribution < 1.29 is 9.84 Å². The molecule has 0 saturated heterocycles. The molecule has 0 spiro atoms. The standard InChI is InChI=1S/C19H19NO2/c1-19(2,21)17-16(13-9-5-4-6-10-13)14-11-7-8-12-15(14)18(20-17)22-3/h4-12,21H,1-3H3. The summed E-state index contributed by atoms with van der Waals surface area (Å²) in [5, 5.41) is 12.6. The molecule has 0 bridgehead atoms. The molecule has 0 radical (unpaired) electrons. The van der Waals surface area contributed by atoms with Crippen LogP contribution >= 0.6 is 0 Å². The average Bonchev–Trinajstić information content (AvgIpc) is 2.53. The monoisotopic (exact) mass is 293 g/mol. The molecule has 3 aromatic rings. The molecular formula is C19H19NO2. The van der Waals surface area contributed by atoms with E-state index in [-0.39, 0.29) is 0 Å². The number of rotatable bonds is 3. The lowest BCUT2D eigenvalue weighted by atomic mass is 9.90. The summed E-state index contributed by atoms with van der Waals surface area (Å²) in [6.07, 6.45) is 0. The Morgan fingerprint density at radius 1 is 0.909 bits per heavy atom. The largest absolute Gasteiger partial charge is 0.481 e. The Hall–Kier alpha value is -2.39. The van der Waals surface area contributed by atoms with Crippen LogP contribution in [-0.2, 0) is 5.60 Å². The van der Waals surface area contributed by atoms with Gasteiger partial charge < -0.3 is 9.84 Å². The number of fused-ring (bicyclic) bond motifs is 1. The van der Waals surface area contributed by atoms with Gasteiger partial charge in [-0.15, -0.1) is 0 Å². The Labute approximate surface area is 130 Å². The molecule has 0 aliphatic heterocycles. The van der Waals surface area contributed by atoms with E-state index in [1.54, 1.807) is 21.0 Å². The molecule has 0 unspecified atom stereocenters. The topological polar surface area (TPSA) is 42.4 Å². The summed E-state index contributed by atoms with van der Waals surface area (Å²) in [7, 11) is 1.60. The number of benzene rings is 2. The van der Waals surface area contributed by atoms with E-state index in [1.807, 2.05) is 54.6 Å². The number of aromatic nitrogens is 1. The lowest BCUT2D eigenvalue weighted by molar-refractivity contribution is 0.0740. The van der Waals surface area contributed by atoms with Crippen LogP contribution in [0.25, 0.3) is 21.9 Å². The molecule has 3 heteroatoms. The lowest BCUT2D eigenvalue weighted by Gasteiger charge is -2.23. The third kappa shape index (κ3) is 2.44. The minimum Gasteiger partial charge on any atom is -0.481 e. The quantitative estimate of drug-likeness (QED) is 0.789. The van der Waals surface area contributed by atoms with E-state index in [4.69, 9.17) is 4.74 Å². The summed E-state index contributed by atoms with van der Waals surface area (Å²) >= 11 is 0. The van der Waals surface area contributed by atoms with Gasteiger partial charge in [0, 0.05) is 10.9 Å². The molecular weight excluding hydrogens is 274 g/mol. The number of methoxy groups -OCH3 is 1. The highest BCUT2D eigenvalue weighted by molar-refractivity contribution is 6.00. The summed E-state index contributed by atoms with van der Waals surface area (Å²) in [6.45, 7) is 3.49. The van der Waals surface area contributed by atoms with Gasteiger partial charge in [-0.1, -0.05) is 48.5 Å². The van der Waals surface area contributed by atoms with Crippen LogP contribution < -0.4 is 4.74 Å². The first-order chi connectivity index (χ1) is 10.5. The third-order valence-electron chi connectivity index (χ3n) is 3.71. The summed E-state index contributed by atoms with van der Waals surface area (Å²) < 4.78 is 5.43. The highest BCUT2D eigenvalue weighted by Gasteiger charge is 2.26. The number of aliphatic hydroxyl groups is 1. The first-order valence-corrected chi connectivity index (χ1v) is 7.27. The van der Waals surface area contributed by atoms with Crippen LogP contribution in [0.2, 0.25) is 0 Å². The maximum atomic E-state index is 10.6. The number of hydrogen-bond acceptors (Lipinski definition) is 3. The zero-order valence-corrected chi connectivity index (χ0v) is 13.0. The second-order valence-electron chi connectivity index (χ2n) is 5.82. The Morgan fingerprint density at radius 3 is 2.09 bits per heavy atom. The molecule has 1 N–H and O–H groups in total. The number of nitrogens with zero attached hydrogens (tertiary/aromatic N) is 1. The van der Waals surface area contributed by atoms with Crippen molar-refractivity contribution in [2.24, 2.45) is 0 Å². The summed E-state index contributed by atoms with van der Waals surface area (Å²) in [5.74, 6) is 0.535. The van der Waals surface area contributed by atoms with E-state index in [1.165, 1.54) is 0 Å². The zero-order chi connectivity index (χ0) is 15.7.